The molecule has 6 nitrogen and oxygen atoms in total. The van der Waals surface area contributed by atoms with E-state index in [9.17, 15) is 19.8 Å². The van der Waals surface area contributed by atoms with Gasteiger partial charge in [0.2, 0.25) is 5.91 Å². The zero-order valence-corrected chi connectivity index (χ0v) is 39.7. The SMILES string of the molecule is CCCCCCCCCCCCCCCCCCCCC(O)C(CO)NC(=O)CCCCCCC/C=C\CCCCOC(=O)CCCCCCCCCCCCCCC. The fourth-order valence-corrected chi connectivity index (χ4v) is 8.22. The third-order valence-corrected chi connectivity index (χ3v) is 12.3. The number of ether oxygens (including phenoxy) is 1. The molecule has 0 saturated carbocycles. The Kier molecular flexibility index (Phi) is 48.1. The van der Waals surface area contributed by atoms with Crippen molar-refractivity contribution in [2.75, 3.05) is 13.2 Å². The minimum atomic E-state index is -0.681. The molecular formula is C53H103NO5. The van der Waals surface area contributed by atoms with Gasteiger partial charge in [-0.25, -0.2) is 0 Å². The summed E-state index contributed by atoms with van der Waals surface area (Å²) in [6, 6.07) is -0.561. The Morgan fingerprint density at radius 2 is 0.797 bits per heavy atom. The van der Waals surface area contributed by atoms with Crippen LogP contribution in [0.25, 0.3) is 0 Å². The minimum absolute atomic E-state index is 0.0291. The highest BCUT2D eigenvalue weighted by Crippen LogP contribution is 2.17. The van der Waals surface area contributed by atoms with Crippen LogP contribution in [0.3, 0.4) is 0 Å². The molecule has 1 amide bonds. The van der Waals surface area contributed by atoms with Gasteiger partial charge in [-0.3, -0.25) is 9.59 Å². The van der Waals surface area contributed by atoms with Crippen LogP contribution in [-0.2, 0) is 14.3 Å². The van der Waals surface area contributed by atoms with Gasteiger partial charge in [-0.15, -0.1) is 0 Å². The van der Waals surface area contributed by atoms with Gasteiger partial charge in [0.15, 0.2) is 0 Å². The average Bonchev–Trinajstić information content (AvgIpc) is 3.24. The van der Waals surface area contributed by atoms with Gasteiger partial charge >= 0.3 is 5.97 Å². The molecule has 6 heteroatoms. The summed E-state index contributed by atoms with van der Waals surface area (Å²) in [6.07, 6.45) is 56.1. The van der Waals surface area contributed by atoms with Crippen molar-refractivity contribution in [3.63, 3.8) is 0 Å². The third kappa shape index (κ3) is 45.9. The van der Waals surface area contributed by atoms with Crippen LogP contribution >= 0.6 is 0 Å². The first-order chi connectivity index (χ1) is 29.0. The Morgan fingerprint density at radius 3 is 1.20 bits per heavy atom. The van der Waals surface area contributed by atoms with Crippen LogP contribution in [0, 0.1) is 0 Å². The number of carbonyl (C=O) groups is 2. The normalized spacial score (nSPS) is 12.7. The van der Waals surface area contributed by atoms with Gasteiger partial charge in [-0.1, -0.05) is 238 Å². The average molecular weight is 834 g/mol. The zero-order chi connectivity index (χ0) is 43.0. The summed E-state index contributed by atoms with van der Waals surface area (Å²) in [7, 11) is 0. The number of carbonyl (C=O) groups excluding carboxylic acids is 2. The largest absolute Gasteiger partial charge is 0.466 e. The maximum atomic E-state index is 12.5. The van der Waals surface area contributed by atoms with E-state index in [2.05, 4.69) is 31.3 Å². The molecule has 0 saturated heterocycles. The summed E-state index contributed by atoms with van der Waals surface area (Å²) in [5.41, 5.74) is 0. The van der Waals surface area contributed by atoms with Crippen LogP contribution in [0.5, 0.6) is 0 Å². The van der Waals surface area contributed by atoms with Gasteiger partial charge < -0.3 is 20.3 Å². The number of amides is 1. The number of hydrogen-bond acceptors (Lipinski definition) is 5. The predicted molar refractivity (Wildman–Crippen MR) is 255 cm³/mol. The molecule has 0 aliphatic carbocycles. The standard InChI is InChI=1S/C53H103NO5/c1-3-5-7-9-11-13-15-17-18-19-20-21-23-25-29-33-37-41-45-51(56)50(49-55)54-52(57)46-42-38-34-30-26-24-28-32-36-40-44-48-59-53(58)47-43-39-35-31-27-22-16-14-12-10-8-6-4-2/h28,32,50-51,55-56H,3-27,29-31,33-49H2,1-2H3,(H,54,57)/b32-28-. The molecule has 2 atom stereocenters. The molecular weight excluding hydrogens is 731 g/mol. The van der Waals surface area contributed by atoms with Gasteiger partial charge in [-0.2, -0.15) is 0 Å². The Labute approximate surface area is 368 Å². The van der Waals surface area contributed by atoms with Crippen LogP contribution in [0.15, 0.2) is 12.2 Å². The topological polar surface area (TPSA) is 95.9 Å². The summed E-state index contributed by atoms with van der Waals surface area (Å²) in [5.74, 6) is -0.0908. The Bertz CT molecular complexity index is 878. The van der Waals surface area contributed by atoms with Crippen molar-refractivity contribution in [2.24, 2.45) is 0 Å². The van der Waals surface area contributed by atoms with Crippen molar-refractivity contribution in [1.82, 2.24) is 5.32 Å². The van der Waals surface area contributed by atoms with Crippen LogP contribution in [0.2, 0.25) is 0 Å². The van der Waals surface area contributed by atoms with Crippen LogP contribution in [0.4, 0.5) is 0 Å². The lowest BCUT2D eigenvalue weighted by Crippen LogP contribution is -2.45. The van der Waals surface area contributed by atoms with E-state index in [1.54, 1.807) is 0 Å². The Morgan fingerprint density at radius 1 is 0.458 bits per heavy atom. The summed E-state index contributed by atoms with van der Waals surface area (Å²) >= 11 is 0. The molecule has 0 aromatic heterocycles. The van der Waals surface area contributed by atoms with E-state index in [-0.39, 0.29) is 18.5 Å². The minimum Gasteiger partial charge on any atom is -0.466 e. The number of rotatable bonds is 49. The van der Waals surface area contributed by atoms with Crippen molar-refractivity contribution < 1.29 is 24.5 Å². The number of nitrogens with one attached hydrogen (secondary N) is 1. The predicted octanol–water partition coefficient (Wildman–Crippen LogP) is 15.7. The maximum Gasteiger partial charge on any atom is 0.305 e. The molecule has 3 N–H and O–H groups in total. The molecule has 0 heterocycles. The van der Waals surface area contributed by atoms with E-state index in [1.807, 2.05) is 0 Å². The fraction of sp³-hybridized carbons (Fsp3) is 0.925. The first-order valence-electron chi connectivity index (χ1n) is 26.4. The molecule has 0 aliphatic rings. The summed E-state index contributed by atoms with van der Waals surface area (Å²) < 4.78 is 5.43. The van der Waals surface area contributed by atoms with Gasteiger partial charge in [0.05, 0.1) is 25.4 Å². The Hall–Kier alpha value is -1.40. The van der Waals surface area contributed by atoms with Crippen LogP contribution < -0.4 is 5.32 Å². The number of aliphatic hydroxyl groups excluding tert-OH is 2. The van der Waals surface area contributed by atoms with Gasteiger partial charge in [-0.05, 0) is 51.4 Å². The third-order valence-electron chi connectivity index (χ3n) is 12.3. The van der Waals surface area contributed by atoms with Crippen molar-refractivity contribution in [3.8, 4) is 0 Å². The highest BCUT2D eigenvalue weighted by molar-refractivity contribution is 5.76. The smallest absolute Gasteiger partial charge is 0.305 e. The monoisotopic (exact) mass is 834 g/mol. The van der Waals surface area contributed by atoms with E-state index < -0.39 is 12.1 Å². The lowest BCUT2D eigenvalue weighted by atomic mass is 10.0. The summed E-state index contributed by atoms with van der Waals surface area (Å²) in [6.45, 7) is 4.89. The molecule has 0 aromatic carbocycles. The van der Waals surface area contributed by atoms with E-state index in [1.165, 1.54) is 180 Å². The van der Waals surface area contributed by atoms with Crippen molar-refractivity contribution in [1.29, 1.82) is 0 Å². The summed E-state index contributed by atoms with van der Waals surface area (Å²) in [5, 5.41) is 23.2. The fourth-order valence-electron chi connectivity index (χ4n) is 8.22. The lowest BCUT2D eigenvalue weighted by molar-refractivity contribution is -0.143. The van der Waals surface area contributed by atoms with E-state index >= 15 is 0 Å². The van der Waals surface area contributed by atoms with Gasteiger partial charge in [0.1, 0.15) is 0 Å². The molecule has 0 spiro atoms. The van der Waals surface area contributed by atoms with E-state index in [0.717, 1.165) is 77.0 Å². The number of hydrogen-bond donors (Lipinski definition) is 3. The second-order valence-electron chi connectivity index (χ2n) is 18.2. The second kappa shape index (κ2) is 49.3. The summed E-state index contributed by atoms with van der Waals surface area (Å²) in [4.78, 5) is 24.5. The molecule has 0 bridgehead atoms. The van der Waals surface area contributed by atoms with Crippen molar-refractivity contribution >= 4 is 11.9 Å². The van der Waals surface area contributed by atoms with Gasteiger partial charge in [0.25, 0.3) is 0 Å². The van der Waals surface area contributed by atoms with Crippen LogP contribution in [-0.4, -0.2) is 47.4 Å². The van der Waals surface area contributed by atoms with Crippen molar-refractivity contribution in [3.05, 3.63) is 12.2 Å². The maximum absolute atomic E-state index is 12.5. The zero-order valence-electron chi connectivity index (χ0n) is 39.7. The van der Waals surface area contributed by atoms with Crippen LogP contribution in [0.1, 0.15) is 290 Å². The van der Waals surface area contributed by atoms with E-state index in [0.29, 0.717) is 25.9 Å². The molecule has 0 aliphatic heterocycles. The van der Waals surface area contributed by atoms with Gasteiger partial charge in [0, 0.05) is 12.8 Å². The van der Waals surface area contributed by atoms with E-state index in [4.69, 9.17) is 4.74 Å². The highest BCUT2D eigenvalue weighted by atomic mass is 16.5. The lowest BCUT2D eigenvalue weighted by Gasteiger charge is -2.22. The number of esters is 1. The Balaban J connectivity index is 3.51. The molecule has 0 fully saturated rings. The molecule has 0 rings (SSSR count). The number of allylic oxidation sites excluding steroid dienone is 2. The molecule has 2 unspecified atom stereocenters. The quantitative estimate of drug-likeness (QED) is 0.0322. The molecule has 0 radical (unpaired) electrons. The second-order valence-corrected chi connectivity index (χ2v) is 18.2. The van der Waals surface area contributed by atoms with Crippen molar-refractivity contribution in [2.45, 2.75) is 302 Å². The number of unbranched alkanes of at least 4 members (excludes halogenated alkanes) is 36. The molecule has 59 heavy (non-hydrogen) atoms. The highest BCUT2D eigenvalue weighted by Gasteiger charge is 2.20. The molecule has 350 valence electrons. The first kappa shape index (κ1) is 57.6. The first-order valence-corrected chi connectivity index (χ1v) is 26.4. The number of aliphatic hydroxyl groups is 2. The molecule has 0 aromatic rings.